The number of rotatable bonds is 1. The lowest BCUT2D eigenvalue weighted by atomic mass is 10.1. The Bertz CT molecular complexity index is 538. The summed E-state index contributed by atoms with van der Waals surface area (Å²) in [5, 5.41) is 10.6. The Labute approximate surface area is 108 Å². The maximum Gasteiger partial charge on any atom is 0.117 e. The second-order valence-electron chi connectivity index (χ2n) is 3.27. The van der Waals surface area contributed by atoms with Crippen LogP contribution < -0.4 is 0 Å². The molecule has 1 nitrogen and oxygen atoms in total. The highest BCUT2D eigenvalue weighted by Gasteiger charge is 2.10. The average Bonchev–Trinajstić information content (AvgIpc) is 2.23. The van der Waals surface area contributed by atoms with E-state index in [2.05, 4.69) is 0 Å². The molecular formula is C12H7Cl3O. The number of halogens is 3. The van der Waals surface area contributed by atoms with Gasteiger partial charge in [0.25, 0.3) is 0 Å². The summed E-state index contributed by atoms with van der Waals surface area (Å²) in [7, 11) is 0. The van der Waals surface area contributed by atoms with E-state index in [9.17, 15) is 5.11 Å². The molecule has 4 heteroatoms. The molecule has 0 saturated heterocycles. The molecule has 0 bridgehead atoms. The predicted molar refractivity (Wildman–Crippen MR) is 68.6 cm³/mol. The summed E-state index contributed by atoms with van der Waals surface area (Å²) in [6.45, 7) is 0. The first-order chi connectivity index (χ1) is 7.59. The Kier molecular flexibility index (Phi) is 3.29. The van der Waals surface area contributed by atoms with Gasteiger partial charge in [0.2, 0.25) is 0 Å². The highest BCUT2D eigenvalue weighted by molar-refractivity contribution is 6.44. The van der Waals surface area contributed by atoms with Crippen molar-refractivity contribution < 1.29 is 5.11 Å². The lowest BCUT2D eigenvalue weighted by Crippen LogP contribution is -1.82. The van der Waals surface area contributed by atoms with Crippen molar-refractivity contribution in [2.24, 2.45) is 0 Å². The van der Waals surface area contributed by atoms with Crippen molar-refractivity contribution in [1.29, 1.82) is 0 Å². The zero-order chi connectivity index (χ0) is 11.7. The van der Waals surface area contributed by atoms with Crippen LogP contribution in [0.3, 0.4) is 0 Å². The van der Waals surface area contributed by atoms with Gasteiger partial charge in [0.1, 0.15) is 5.75 Å². The van der Waals surface area contributed by atoms with Crippen LogP contribution in [0.15, 0.2) is 36.4 Å². The molecule has 0 aliphatic carbocycles. The normalized spacial score (nSPS) is 10.4. The minimum atomic E-state index is 0.118. The van der Waals surface area contributed by atoms with Crippen LogP contribution in [0, 0.1) is 0 Å². The van der Waals surface area contributed by atoms with E-state index in [0.29, 0.717) is 15.1 Å². The zero-order valence-corrected chi connectivity index (χ0v) is 10.3. The third kappa shape index (κ3) is 2.12. The van der Waals surface area contributed by atoms with Gasteiger partial charge < -0.3 is 5.11 Å². The van der Waals surface area contributed by atoms with Crippen molar-refractivity contribution in [3.05, 3.63) is 51.5 Å². The van der Waals surface area contributed by atoms with Crippen LogP contribution >= 0.6 is 34.8 Å². The summed E-state index contributed by atoms with van der Waals surface area (Å²) in [5.74, 6) is 0.118. The van der Waals surface area contributed by atoms with Crippen molar-refractivity contribution in [2.75, 3.05) is 0 Å². The Morgan fingerprint density at radius 2 is 1.56 bits per heavy atom. The number of hydrogen-bond donors (Lipinski definition) is 1. The molecule has 2 aromatic rings. The lowest BCUT2D eigenvalue weighted by molar-refractivity contribution is 0.475. The molecule has 1 N–H and O–H groups in total. The second-order valence-corrected chi connectivity index (χ2v) is 4.46. The summed E-state index contributed by atoms with van der Waals surface area (Å²) in [4.78, 5) is 0. The van der Waals surface area contributed by atoms with Crippen molar-refractivity contribution >= 4 is 34.8 Å². The van der Waals surface area contributed by atoms with Gasteiger partial charge in [0, 0.05) is 11.1 Å². The van der Waals surface area contributed by atoms with E-state index < -0.39 is 0 Å². The molecule has 2 aromatic carbocycles. The maximum atomic E-state index is 9.26. The molecule has 0 fully saturated rings. The summed E-state index contributed by atoms with van der Waals surface area (Å²) in [6.07, 6.45) is 0. The molecule has 0 aliphatic rings. The summed E-state index contributed by atoms with van der Waals surface area (Å²) in [6, 6.07) is 10.1. The number of aromatic hydroxyl groups is 1. The van der Waals surface area contributed by atoms with E-state index in [-0.39, 0.29) is 5.75 Å². The molecule has 0 aliphatic heterocycles. The summed E-state index contributed by atoms with van der Waals surface area (Å²) < 4.78 is 0. The lowest BCUT2D eigenvalue weighted by Gasteiger charge is -2.08. The smallest absolute Gasteiger partial charge is 0.117 e. The highest BCUT2D eigenvalue weighted by Crippen LogP contribution is 2.37. The minimum absolute atomic E-state index is 0.118. The Balaban J connectivity index is 2.63. The van der Waals surface area contributed by atoms with Crippen molar-refractivity contribution in [3.63, 3.8) is 0 Å². The molecule has 0 amide bonds. The molecule has 0 unspecified atom stereocenters. The van der Waals surface area contributed by atoms with E-state index in [0.717, 1.165) is 11.1 Å². The first kappa shape index (κ1) is 11.6. The zero-order valence-electron chi connectivity index (χ0n) is 8.05. The van der Waals surface area contributed by atoms with Gasteiger partial charge in [0.15, 0.2) is 0 Å². The van der Waals surface area contributed by atoms with Crippen LogP contribution in [0.4, 0.5) is 0 Å². The Morgan fingerprint density at radius 3 is 2.25 bits per heavy atom. The molecule has 0 aromatic heterocycles. The van der Waals surface area contributed by atoms with E-state index >= 15 is 0 Å². The van der Waals surface area contributed by atoms with Crippen LogP contribution in [0.25, 0.3) is 11.1 Å². The van der Waals surface area contributed by atoms with E-state index in [1.165, 1.54) is 6.07 Å². The van der Waals surface area contributed by atoms with E-state index in [1.807, 2.05) is 6.07 Å². The largest absolute Gasteiger partial charge is 0.508 e. The third-order valence-electron chi connectivity index (χ3n) is 2.19. The van der Waals surface area contributed by atoms with Gasteiger partial charge in [-0.15, -0.1) is 0 Å². The number of phenolic OH excluding ortho intramolecular Hbond substituents is 1. The maximum absolute atomic E-state index is 9.26. The molecule has 0 saturated carbocycles. The van der Waals surface area contributed by atoms with Gasteiger partial charge in [-0.1, -0.05) is 46.9 Å². The van der Waals surface area contributed by atoms with E-state index in [4.69, 9.17) is 34.8 Å². The van der Waals surface area contributed by atoms with Crippen LogP contribution in [0.5, 0.6) is 5.75 Å². The van der Waals surface area contributed by atoms with Gasteiger partial charge >= 0.3 is 0 Å². The summed E-state index contributed by atoms with van der Waals surface area (Å²) >= 11 is 18.0. The van der Waals surface area contributed by atoms with Crippen LogP contribution in [-0.2, 0) is 0 Å². The molecule has 0 atom stereocenters. The number of phenols is 1. The quantitative estimate of drug-likeness (QED) is 0.773. The monoisotopic (exact) mass is 272 g/mol. The SMILES string of the molecule is Oc1ccc(-c2cccc(Cl)c2Cl)c(Cl)c1. The van der Waals surface area contributed by atoms with Crippen LogP contribution in [0.2, 0.25) is 15.1 Å². The van der Waals surface area contributed by atoms with Gasteiger partial charge in [0.05, 0.1) is 15.1 Å². The molecule has 16 heavy (non-hydrogen) atoms. The average molecular weight is 274 g/mol. The molecule has 0 spiro atoms. The molecule has 2 rings (SSSR count). The first-order valence-electron chi connectivity index (χ1n) is 4.52. The van der Waals surface area contributed by atoms with Gasteiger partial charge in [-0.05, 0) is 24.3 Å². The number of hydrogen-bond acceptors (Lipinski definition) is 1. The van der Waals surface area contributed by atoms with Crippen molar-refractivity contribution in [1.82, 2.24) is 0 Å². The van der Waals surface area contributed by atoms with Gasteiger partial charge in [-0.3, -0.25) is 0 Å². The first-order valence-corrected chi connectivity index (χ1v) is 5.66. The Morgan fingerprint density at radius 1 is 0.812 bits per heavy atom. The third-order valence-corrected chi connectivity index (χ3v) is 3.33. The molecule has 0 heterocycles. The van der Waals surface area contributed by atoms with Gasteiger partial charge in [-0.2, -0.15) is 0 Å². The predicted octanol–water partition coefficient (Wildman–Crippen LogP) is 5.02. The fourth-order valence-electron chi connectivity index (χ4n) is 1.43. The van der Waals surface area contributed by atoms with Crippen LogP contribution in [-0.4, -0.2) is 5.11 Å². The van der Waals surface area contributed by atoms with Gasteiger partial charge in [-0.25, -0.2) is 0 Å². The van der Waals surface area contributed by atoms with E-state index in [1.54, 1.807) is 24.3 Å². The number of benzene rings is 2. The van der Waals surface area contributed by atoms with Crippen molar-refractivity contribution in [2.45, 2.75) is 0 Å². The van der Waals surface area contributed by atoms with Crippen LogP contribution in [0.1, 0.15) is 0 Å². The topological polar surface area (TPSA) is 20.2 Å². The Hall–Kier alpha value is -0.890. The minimum Gasteiger partial charge on any atom is -0.508 e. The fourth-order valence-corrected chi connectivity index (χ4v) is 2.11. The second kappa shape index (κ2) is 4.54. The molecule has 0 radical (unpaired) electrons. The highest BCUT2D eigenvalue weighted by atomic mass is 35.5. The standard InChI is InChI=1S/C12H7Cl3O/c13-10-3-1-2-9(12(10)15)8-5-4-7(16)6-11(8)14/h1-6,16H. The molecular weight excluding hydrogens is 266 g/mol. The summed E-state index contributed by atoms with van der Waals surface area (Å²) in [5.41, 5.74) is 1.49. The molecule has 82 valence electrons. The van der Waals surface area contributed by atoms with Crippen molar-refractivity contribution in [3.8, 4) is 16.9 Å². The fraction of sp³-hybridized carbons (Fsp3) is 0.